The number of benzene rings is 1. The maximum absolute atomic E-state index is 12.4. The van der Waals surface area contributed by atoms with Crippen molar-refractivity contribution in [2.24, 2.45) is 0 Å². The Labute approximate surface area is 192 Å². The van der Waals surface area contributed by atoms with Crippen molar-refractivity contribution in [3.8, 4) is 10.6 Å². The van der Waals surface area contributed by atoms with Crippen LogP contribution in [0.15, 0.2) is 59.3 Å². The van der Waals surface area contributed by atoms with Crippen molar-refractivity contribution in [2.75, 3.05) is 6.54 Å². The minimum atomic E-state index is -0.0962. The van der Waals surface area contributed by atoms with Crippen molar-refractivity contribution in [3.05, 3.63) is 85.2 Å². The molecule has 0 bridgehead atoms. The predicted octanol–water partition coefficient (Wildman–Crippen LogP) is 5.14. The Hall–Kier alpha value is -2.81. The van der Waals surface area contributed by atoms with Crippen LogP contribution in [0.3, 0.4) is 0 Å². The highest BCUT2D eigenvalue weighted by molar-refractivity contribution is 7.16. The lowest BCUT2D eigenvalue weighted by Crippen LogP contribution is -2.25. The number of hydrogen-bond acceptors (Lipinski definition) is 6. The van der Waals surface area contributed by atoms with Gasteiger partial charge in [0.05, 0.1) is 20.5 Å². The molecule has 0 spiro atoms. The van der Waals surface area contributed by atoms with Crippen LogP contribution in [0.4, 0.5) is 0 Å². The summed E-state index contributed by atoms with van der Waals surface area (Å²) in [6, 6.07) is 15.1. The van der Waals surface area contributed by atoms with Gasteiger partial charge in [0.1, 0.15) is 0 Å². The van der Waals surface area contributed by atoms with Gasteiger partial charge in [-0.25, -0.2) is 4.98 Å². The maximum Gasteiger partial charge on any atom is 0.261 e. The Bertz CT molecular complexity index is 1160. The van der Waals surface area contributed by atoms with E-state index in [9.17, 15) is 9.59 Å². The fourth-order valence-electron chi connectivity index (χ4n) is 2.98. The second-order valence-corrected chi connectivity index (χ2v) is 10.1. The molecular weight excluding hydrogens is 446 g/mol. The molecule has 3 aromatic heterocycles. The molecule has 0 atom stereocenters. The van der Waals surface area contributed by atoms with Crippen molar-refractivity contribution < 1.29 is 9.59 Å². The van der Waals surface area contributed by atoms with Gasteiger partial charge in [-0.3, -0.25) is 9.59 Å². The summed E-state index contributed by atoms with van der Waals surface area (Å²) in [4.78, 5) is 32.0. The molecule has 0 aliphatic heterocycles. The van der Waals surface area contributed by atoms with Crippen LogP contribution < -0.4 is 10.6 Å². The van der Waals surface area contributed by atoms with E-state index < -0.39 is 0 Å². The van der Waals surface area contributed by atoms with Crippen LogP contribution >= 0.6 is 34.0 Å². The summed E-state index contributed by atoms with van der Waals surface area (Å²) in [5.74, 6) is -0.181. The number of nitrogens with one attached hydrogen (secondary N) is 2. The second kappa shape index (κ2) is 10.00. The van der Waals surface area contributed by atoms with E-state index in [0.29, 0.717) is 23.5 Å². The Morgan fingerprint density at radius 1 is 0.968 bits per heavy atom. The summed E-state index contributed by atoms with van der Waals surface area (Å²) in [7, 11) is 0. The van der Waals surface area contributed by atoms with E-state index in [-0.39, 0.29) is 11.8 Å². The fraction of sp³-hybridized carbons (Fsp3) is 0.174. The number of hydrogen-bond donors (Lipinski definition) is 2. The van der Waals surface area contributed by atoms with Crippen LogP contribution in [0, 0.1) is 6.92 Å². The van der Waals surface area contributed by atoms with E-state index >= 15 is 0 Å². The van der Waals surface area contributed by atoms with Crippen molar-refractivity contribution in [1.29, 1.82) is 0 Å². The number of carbonyl (C=O) groups is 2. The number of aromatic nitrogens is 1. The van der Waals surface area contributed by atoms with Gasteiger partial charge in [0.25, 0.3) is 11.8 Å². The Kier molecular flexibility index (Phi) is 6.91. The Balaban J connectivity index is 1.23. The topological polar surface area (TPSA) is 71.1 Å². The van der Waals surface area contributed by atoms with Crippen LogP contribution in [0.2, 0.25) is 0 Å². The molecule has 31 heavy (non-hydrogen) atoms. The molecule has 8 heteroatoms. The molecule has 0 aliphatic carbocycles. The number of amides is 2. The van der Waals surface area contributed by atoms with Crippen LogP contribution in [0.5, 0.6) is 0 Å². The molecular formula is C23H21N3O2S3. The molecule has 158 valence electrons. The number of rotatable bonds is 8. The molecule has 4 rings (SSSR count). The van der Waals surface area contributed by atoms with E-state index in [4.69, 9.17) is 0 Å². The number of carbonyl (C=O) groups excluding carboxylic acids is 2. The maximum atomic E-state index is 12.4. The lowest BCUT2D eigenvalue weighted by Gasteiger charge is -2.07. The molecule has 0 saturated carbocycles. The van der Waals surface area contributed by atoms with Crippen molar-refractivity contribution in [2.45, 2.75) is 19.9 Å². The summed E-state index contributed by atoms with van der Waals surface area (Å²) < 4.78 is 0. The molecule has 4 aromatic rings. The number of thiophene rings is 2. The second-order valence-electron chi connectivity index (χ2n) is 6.88. The number of nitrogens with zero attached hydrogens (tertiary/aromatic N) is 1. The van der Waals surface area contributed by atoms with Gasteiger partial charge in [-0.1, -0.05) is 18.2 Å². The Morgan fingerprint density at radius 2 is 1.81 bits per heavy atom. The van der Waals surface area contributed by atoms with E-state index in [1.54, 1.807) is 40.9 Å². The summed E-state index contributed by atoms with van der Waals surface area (Å²) >= 11 is 4.78. The highest BCUT2D eigenvalue weighted by atomic mass is 32.1. The summed E-state index contributed by atoms with van der Waals surface area (Å²) in [5.41, 5.74) is 2.58. The third kappa shape index (κ3) is 5.66. The zero-order chi connectivity index (χ0) is 21.6. The van der Waals surface area contributed by atoms with E-state index in [1.807, 2.05) is 30.5 Å². The molecule has 0 aliphatic rings. The normalized spacial score (nSPS) is 10.7. The SMILES string of the molecule is Cc1nc(-c2ccc(CCNC(=O)c3ccc(CNC(=O)c4cccs4)cc3)s2)cs1. The first kappa shape index (κ1) is 21.4. The third-order valence-electron chi connectivity index (χ3n) is 4.60. The summed E-state index contributed by atoms with van der Waals surface area (Å²) in [5, 5.41) is 10.9. The highest BCUT2D eigenvalue weighted by Crippen LogP contribution is 2.29. The van der Waals surface area contributed by atoms with Gasteiger partial charge in [0.15, 0.2) is 0 Å². The van der Waals surface area contributed by atoms with Crippen molar-refractivity contribution >= 4 is 45.8 Å². The first-order chi connectivity index (χ1) is 15.1. The van der Waals surface area contributed by atoms with Gasteiger partial charge < -0.3 is 10.6 Å². The summed E-state index contributed by atoms with van der Waals surface area (Å²) in [6.07, 6.45) is 0.784. The molecule has 0 unspecified atom stereocenters. The summed E-state index contributed by atoms with van der Waals surface area (Å²) in [6.45, 7) is 3.01. The zero-order valence-electron chi connectivity index (χ0n) is 16.9. The van der Waals surface area contributed by atoms with Crippen LogP contribution in [0.1, 0.15) is 35.5 Å². The highest BCUT2D eigenvalue weighted by Gasteiger charge is 2.09. The van der Waals surface area contributed by atoms with E-state index in [0.717, 1.165) is 27.6 Å². The molecule has 3 heterocycles. The van der Waals surface area contributed by atoms with Gasteiger partial charge in [-0.05, 0) is 54.6 Å². The standard InChI is InChI=1S/C23H21N3O2S3/c1-15-26-19(14-30-15)20-9-8-18(31-20)10-11-24-22(27)17-6-4-16(5-7-17)13-25-23(28)21-3-2-12-29-21/h2-9,12,14H,10-11,13H2,1H3,(H,24,27)(H,25,28). The molecule has 0 saturated heterocycles. The van der Waals surface area contributed by atoms with Crippen LogP contribution in [0.25, 0.3) is 10.6 Å². The molecule has 2 N–H and O–H groups in total. The van der Waals surface area contributed by atoms with Crippen LogP contribution in [-0.2, 0) is 13.0 Å². The minimum absolute atomic E-state index is 0.0848. The smallest absolute Gasteiger partial charge is 0.261 e. The zero-order valence-corrected chi connectivity index (χ0v) is 19.3. The van der Waals surface area contributed by atoms with E-state index in [1.165, 1.54) is 16.2 Å². The molecule has 2 amide bonds. The van der Waals surface area contributed by atoms with Gasteiger partial charge in [0.2, 0.25) is 0 Å². The first-order valence-electron chi connectivity index (χ1n) is 9.78. The van der Waals surface area contributed by atoms with Gasteiger partial charge in [-0.2, -0.15) is 0 Å². The predicted molar refractivity (Wildman–Crippen MR) is 128 cm³/mol. The van der Waals surface area contributed by atoms with Gasteiger partial charge >= 0.3 is 0 Å². The molecule has 0 radical (unpaired) electrons. The largest absolute Gasteiger partial charge is 0.352 e. The van der Waals surface area contributed by atoms with Crippen molar-refractivity contribution in [1.82, 2.24) is 15.6 Å². The third-order valence-corrected chi connectivity index (χ3v) is 7.41. The van der Waals surface area contributed by atoms with Gasteiger partial charge in [0, 0.05) is 28.9 Å². The monoisotopic (exact) mass is 467 g/mol. The number of aryl methyl sites for hydroxylation is 1. The lowest BCUT2D eigenvalue weighted by atomic mass is 10.1. The molecule has 0 fully saturated rings. The average Bonchev–Trinajstić information content (AvgIpc) is 3.54. The van der Waals surface area contributed by atoms with Crippen molar-refractivity contribution in [3.63, 3.8) is 0 Å². The Morgan fingerprint density at radius 3 is 2.52 bits per heavy atom. The first-order valence-corrected chi connectivity index (χ1v) is 12.4. The minimum Gasteiger partial charge on any atom is -0.352 e. The molecule has 5 nitrogen and oxygen atoms in total. The number of thiazole rings is 1. The quantitative estimate of drug-likeness (QED) is 0.377. The van der Waals surface area contributed by atoms with Gasteiger partial charge in [-0.15, -0.1) is 34.0 Å². The van der Waals surface area contributed by atoms with E-state index in [2.05, 4.69) is 33.1 Å². The van der Waals surface area contributed by atoms with Crippen LogP contribution in [-0.4, -0.2) is 23.3 Å². The lowest BCUT2D eigenvalue weighted by molar-refractivity contribution is 0.0945. The molecule has 1 aromatic carbocycles. The average molecular weight is 468 g/mol. The fourth-order valence-corrected chi connectivity index (χ4v) is 5.27.